The Balaban J connectivity index is 2.32. The maximum absolute atomic E-state index is 11.3. The highest BCUT2D eigenvalue weighted by Gasteiger charge is 2.32. The molecule has 1 heterocycles. The van der Waals surface area contributed by atoms with E-state index in [1.165, 1.54) is 0 Å². The average molecular weight is 294 g/mol. The van der Waals surface area contributed by atoms with Gasteiger partial charge in [0.05, 0.1) is 11.5 Å². The van der Waals surface area contributed by atoms with E-state index >= 15 is 0 Å². The summed E-state index contributed by atoms with van der Waals surface area (Å²) in [7, 11) is 0. The van der Waals surface area contributed by atoms with Crippen LogP contribution >= 0.6 is 0 Å². The van der Waals surface area contributed by atoms with E-state index < -0.39 is 4.92 Å². The Labute approximate surface area is 124 Å². The van der Waals surface area contributed by atoms with Crippen molar-refractivity contribution in [3.05, 3.63) is 15.9 Å². The number of nitro groups is 1. The average Bonchev–Trinajstić information content (AvgIpc) is 3.29. The van der Waals surface area contributed by atoms with Gasteiger partial charge >= 0.3 is 5.69 Å². The maximum Gasteiger partial charge on any atom is 0.372 e. The van der Waals surface area contributed by atoms with E-state index in [-0.39, 0.29) is 17.4 Å². The molecule has 0 bridgehead atoms. The summed E-state index contributed by atoms with van der Waals surface area (Å²) in [4.78, 5) is 19.5. The standard InChI is InChI=1S/C14H22N4O3/c1-3-5-8-15-13-11(18(19)20)14(21-9-4-2)17-12(16-13)10-6-7-10/h10H,3-9H2,1-2H3,(H,15,16,17). The van der Waals surface area contributed by atoms with Crippen molar-refractivity contribution in [2.24, 2.45) is 0 Å². The molecule has 1 aliphatic rings. The van der Waals surface area contributed by atoms with Gasteiger partial charge in [0, 0.05) is 12.5 Å². The van der Waals surface area contributed by atoms with Crippen molar-refractivity contribution in [1.82, 2.24) is 9.97 Å². The summed E-state index contributed by atoms with van der Waals surface area (Å²) in [5, 5.41) is 14.4. The highest BCUT2D eigenvalue weighted by Crippen LogP contribution is 2.41. The first-order chi connectivity index (χ1) is 10.2. The molecule has 1 fully saturated rings. The van der Waals surface area contributed by atoms with Crippen LogP contribution < -0.4 is 10.1 Å². The van der Waals surface area contributed by atoms with E-state index in [1.54, 1.807) is 0 Å². The van der Waals surface area contributed by atoms with E-state index in [1.807, 2.05) is 6.92 Å². The summed E-state index contributed by atoms with van der Waals surface area (Å²) >= 11 is 0. The molecule has 0 amide bonds. The van der Waals surface area contributed by atoms with Gasteiger partial charge in [-0.1, -0.05) is 20.3 Å². The second-order valence-corrected chi connectivity index (χ2v) is 5.24. The van der Waals surface area contributed by atoms with E-state index in [4.69, 9.17) is 4.74 Å². The topological polar surface area (TPSA) is 90.2 Å². The van der Waals surface area contributed by atoms with E-state index in [0.29, 0.717) is 24.9 Å². The lowest BCUT2D eigenvalue weighted by molar-refractivity contribution is -0.385. The molecule has 21 heavy (non-hydrogen) atoms. The molecule has 2 rings (SSSR count). The second-order valence-electron chi connectivity index (χ2n) is 5.24. The lowest BCUT2D eigenvalue weighted by atomic mass is 10.3. The van der Waals surface area contributed by atoms with Gasteiger partial charge in [-0.2, -0.15) is 4.98 Å². The quantitative estimate of drug-likeness (QED) is 0.427. The van der Waals surface area contributed by atoms with Crippen molar-refractivity contribution in [1.29, 1.82) is 0 Å². The van der Waals surface area contributed by atoms with Crippen LogP contribution in [0.1, 0.15) is 57.7 Å². The maximum atomic E-state index is 11.3. The molecule has 116 valence electrons. The van der Waals surface area contributed by atoms with E-state index in [2.05, 4.69) is 22.2 Å². The normalized spacial score (nSPS) is 14.0. The summed E-state index contributed by atoms with van der Waals surface area (Å²) in [6, 6.07) is 0. The van der Waals surface area contributed by atoms with Crippen LogP contribution in [0.5, 0.6) is 5.88 Å². The zero-order valence-electron chi connectivity index (χ0n) is 12.6. The number of nitrogens with one attached hydrogen (secondary N) is 1. The Morgan fingerprint density at radius 2 is 2.10 bits per heavy atom. The molecule has 0 aromatic carbocycles. The smallest absolute Gasteiger partial charge is 0.372 e. The fourth-order valence-corrected chi connectivity index (χ4v) is 1.95. The van der Waals surface area contributed by atoms with E-state index in [0.717, 1.165) is 32.1 Å². The SMILES string of the molecule is CCCCNc1nc(C2CC2)nc(OCCC)c1[N+](=O)[O-]. The number of unbranched alkanes of at least 4 members (excludes halogenated alkanes) is 1. The molecular weight excluding hydrogens is 272 g/mol. The first kappa shape index (κ1) is 15.5. The molecule has 0 spiro atoms. The van der Waals surface area contributed by atoms with Gasteiger partial charge in [-0.3, -0.25) is 10.1 Å². The fraction of sp³-hybridized carbons (Fsp3) is 0.714. The Kier molecular flexibility index (Phi) is 5.30. The predicted octanol–water partition coefficient (Wildman–Crippen LogP) is 3.26. The van der Waals surface area contributed by atoms with Gasteiger partial charge in [0.15, 0.2) is 0 Å². The molecule has 1 N–H and O–H groups in total. The molecule has 7 heteroatoms. The number of rotatable bonds is 9. The molecule has 1 aliphatic carbocycles. The molecule has 0 unspecified atom stereocenters. The summed E-state index contributed by atoms with van der Waals surface area (Å²) < 4.78 is 5.48. The third-order valence-electron chi connectivity index (χ3n) is 3.26. The molecule has 0 atom stereocenters. The van der Waals surface area contributed by atoms with Crippen LogP contribution in [0, 0.1) is 10.1 Å². The van der Waals surface area contributed by atoms with Crippen LogP contribution in [0.15, 0.2) is 0 Å². The lowest BCUT2D eigenvalue weighted by Gasteiger charge is -2.11. The van der Waals surface area contributed by atoms with Gasteiger partial charge in [0.25, 0.3) is 5.88 Å². The van der Waals surface area contributed by atoms with Crippen molar-refractivity contribution in [2.75, 3.05) is 18.5 Å². The highest BCUT2D eigenvalue weighted by molar-refractivity contribution is 5.62. The summed E-state index contributed by atoms with van der Waals surface area (Å²) in [6.45, 7) is 5.10. The van der Waals surface area contributed by atoms with E-state index in [9.17, 15) is 10.1 Å². The van der Waals surface area contributed by atoms with Gasteiger partial charge in [-0.25, -0.2) is 4.98 Å². The Hall–Kier alpha value is -1.92. The third-order valence-corrected chi connectivity index (χ3v) is 3.26. The summed E-state index contributed by atoms with van der Waals surface area (Å²) in [5.74, 6) is 1.36. The number of aromatic nitrogens is 2. The van der Waals surface area contributed by atoms with Crippen LogP contribution in [0.4, 0.5) is 11.5 Å². The van der Waals surface area contributed by atoms with Crippen molar-refractivity contribution in [2.45, 2.75) is 51.9 Å². The summed E-state index contributed by atoms with van der Waals surface area (Å²) in [5.41, 5.74) is -0.149. The predicted molar refractivity (Wildman–Crippen MR) is 79.8 cm³/mol. The van der Waals surface area contributed by atoms with Gasteiger partial charge in [-0.05, 0) is 25.7 Å². The Morgan fingerprint density at radius 3 is 2.67 bits per heavy atom. The van der Waals surface area contributed by atoms with Gasteiger partial charge in [0.2, 0.25) is 5.82 Å². The molecule has 1 saturated carbocycles. The first-order valence-corrected chi connectivity index (χ1v) is 7.60. The van der Waals surface area contributed by atoms with Crippen LogP contribution in [-0.4, -0.2) is 28.0 Å². The minimum atomic E-state index is -0.462. The molecule has 0 radical (unpaired) electrons. The minimum Gasteiger partial charge on any atom is -0.473 e. The van der Waals surface area contributed by atoms with Crippen LogP contribution in [0.2, 0.25) is 0 Å². The first-order valence-electron chi connectivity index (χ1n) is 7.60. The third kappa shape index (κ3) is 4.03. The number of hydrogen-bond acceptors (Lipinski definition) is 6. The molecular formula is C14H22N4O3. The van der Waals surface area contributed by atoms with Gasteiger partial charge in [0.1, 0.15) is 5.82 Å². The number of ether oxygens (including phenoxy) is 1. The van der Waals surface area contributed by atoms with Crippen LogP contribution in [0.3, 0.4) is 0 Å². The van der Waals surface area contributed by atoms with Crippen LogP contribution in [0.25, 0.3) is 0 Å². The second kappa shape index (κ2) is 7.19. The Bertz CT molecular complexity index is 503. The summed E-state index contributed by atoms with van der Waals surface area (Å²) in [6.07, 6.45) is 4.81. The number of anilines is 1. The van der Waals surface area contributed by atoms with Crippen molar-refractivity contribution in [3.8, 4) is 5.88 Å². The molecule has 1 aromatic rings. The highest BCUT2D eigenvalue weighted by atomic mass is 16.6. The van der Waals surface area contributed by atoms with Crippen LogP contribution in [-0.2, 0) is 0 Å². The van der Waals surface area contributed by atoms with Crippen molar-refractivity contribution in [3.63, 3.8) is 0 Å². The zero-order valence-corrected chi connectivity index (χ0v) is 12.6. The fourth-order valence-electron chi connectivity index (χ4n) is 1.95. The lowest BCUT2D eigenvalue weighted by Crippen LogP contribution is -2.11. The largest absolute Gasteiger partial charge is 0.473 e. The molecule has 0 saturated heterocycles. The monoisotopic (exact) mass is 294 g/mol. The molecule has 1 aromatic heterocycles. The molecule has 0 aliphatic heterocycles. The van der Waals surface area contributed by atoms with Crippen molar-refractivity contribution >= 4 is 11.5 Å². The zero-order chi connectivity index (χ0) is 15.2. The van der Waals surface area contributed by atoms with Crippen molar-refractivity contribution < 1.29 is 9.66 Å². The number of hydrogen-bond donors (Lipinski definition) is 1. The Morgan fingerprint density at radius 1 is 1.33 bits per heavy atom. The number of nitrogens with zero attached hydrogens (tertiary/aromatic N) is 3. The van der Waals surface area contributed by atoms with Gasteiger partial charge in [-0.15, -0.1) is 0 Å². The molecule has 7 nitrogen and oxygen atoms in total. The van der Waals surface area contributed by atoms with Gasteiger partial charge < -0.3 is 10.1 Å². The minimum absolute atomic E-state index is 0.0951.